The zero-order valence-corrected chi connectivity index (χ0v) is 13.8. The normalized spacial score (nSPS) is 29.1. The third kappa shape index (κ3) is 3.01. The lowest BCUT2D eigenvalue weighted by atomic mass is 9.88. The molecule has 1 saturated carbocycles. The minimum Gasteiger partial charge on any atom is -0.453 e. The Labute approximate surface area is 127 Å². The maximum Gasteiger partial charge on any atom is 0.407 e. The van der Waals surface area contributed by atoms with Gasteiger partial charge in [0, 0.05) is 12.1 Å². The number of rotatable bonds is 4. The molecule has 4 atom stereocenters. The summed E-state index contributed by atoms with van der Waals surface area (Å²) < 4.78 is 4.66. The van der Waals surface area contributed by atoms with E-state index in [0.717, 1.165) is 12.8 Å². The first-order valence-corrected chi connectivity index (χ1v) is 8.03. The predicted molar refractivity (Wildman–Crippen MR) is 80.8 cm³/mol. The highest BCUT2D eigenvalue weighted by Crippen LogP contribution is 2.45. The third-order valence-corrected chi connectivity index (χ3v) is 4.97. The first-order valence-electron chi connectivity index (χ1n) is 8.03. The van der Waals surface area contributed by atoms with Gasteiger partial charge in [0.2, 0.25) is 5.91 Å². The largest absolute Gasteiger partial charge is 0.453 e. The Bertz CT molecular complexity index is 408. The lowest BCUT2D eigenvalue weighted by molar-refractivity contribution is -0.140. The van der Waals surface area contributed by atoms with Gasteiger partial charge in [0.25, 0.3) is 0 Å². The molecule has 5 nitrogen and oxygen atoms in total. The summed E-state index contributed by atoms with van der Waals surface area (Å²) in [6.45, 7) is 8.28. The molecule has 0 aromatic carbocycles. The maximum absolute atomic E-state index is 13.0. The van der Waals surface area contributed by atoms with Crippen molar-refractivity contribution in [2.75, 3.05) is 7.11 Å². The second-order valence-electron chi connectivity index (χ2n) is 7.06. The minimum atomic E-state index is -0.535. The van der Waals surface area contributed by atoms with Gasteiger partial charge in [0.15, 0.2) is 0 Å². The van der Waals surface area contributed by atoms with Crippen molar-refractivity contribution in [3.05, 3.63) is 0 Å². The smallest absolute Gasteiger partial charge is 0.407 e. The molecule has 0 radical (unpaired) electrons. The van der Waals surface area contributed by atoms with Crippen LogP contribution in [0.3, 0.4) is 0 Å². The molecule has 2 aliphatic rings. The molecule has 1 aliphatic carbocycles. The Balaban J connectivity index is 2.17. The van der Waals surface area contributed by atoms with Crippen molar-refractivity contribution < 1.29 is 14.3 Å². The number of amides is 2. The number of hydrogen-bond donors (Lipinski definition) is 1. The van der Waals surface area contributed by atoms with E-state index >= 15 is 0 Å². The molecule has 2 fully saturated rings. The highest BCUT2D eigenvalue weighted by molar-refractivity contribution is 5.86. The van der Waals surface area contributed by atoms with Gasteiger partial charge < -0.3 is 15.0 Å². The van der Waals surface area contributed by atoms with Crippen LogP contribution in [0.2, 0.25) is 0 Å². The van der Waals surface area contributed by atoms with Crippen molar-refractivity contribution in [2.24, 2.45) is 17.8 Å². The average Bonchev–Trinajstić information content (AvgIpc) is 3.03. The SMILES string of the molecule is COC(=O)N[C@H](C(=O)N1[C@H]2CC[C@H](C2)[C@H]1C(C)C)C(C)C. The summed E-state index contributed by atoms with van der Waals surface area (Å²) in [7, 11) is 1.33. The molecule has 0 spiro atoms. The van der Waals surface area contributed by atoms with Crippen LogP contribution in [-0.2, 0) is 9.53 Å². The van der Waals surface area contributed by atoms with Crippen LogP contribution in [0, 0.1) is 17.8 Å². The fourth-order valence-electron chi connectivity index (χ4n) is 4.08. The highest BCUT2D eigenvalue weighted by Gasteiger charge is 2.50. The Morgan fingerprint density at radius 1 is 1.19 bits per heavy atom. The second kappa shape index (κ2) is 6.24. The second-order valence-corrected chi connectivity index (χ2v) is 7.06. The number of hydrogen-bond acceptors (Lipinski definition) is 3. The van der Waals surface area contributed by atoms with E-state index in [1.165, 1.54) is 13.5 Å². The van der Waals surface area contributed by atoms with Gasteiger partial charge in [-0.1, -0.05) is 27.7 Å². The van der Waals surface area contributed by atoms with Crippen molar-refractivity contribution in [1.29, 1.82) is 0 Å². The molecule has 0 aromatic rings. The minimum absolute atomic E-state index is 0.0449. The molecule has 1 N–H and O–H groups in total. The molecule has 0 aromatic heterocycles. The number of fused-ring (bicyclic) bond motifs is 2. The van der Waals surface area contributed by atoms with Crippen LogP contribution in [0.15, 0.2) is 0 Å². The van der Waals surface area contributed by atoms with Gasteiger partial charge in [-0.3, -0.25) is 4.79 Å². The summed E-state index contributed by atoms with van der Waals surface area (Å²) in [5, 5.41) is 2.71. The molecular formula is C16H28N2O3. The fraction of sp³-hybridized carbons (Fsp3) is 0.875. The summed E-state index contributed by atoms with van der Waals surface area (Å²) >= 11 is 0. The molecule has 0 unspecified atom stereocenters. The van der Waals surface area contributed by atoms with Gasteiger partial charge in [0.1, 0.15) is 6.04 Å². The predicted octanol–water partition coefficient (Wildman–Crippen LogP) is 2.40. The van der Waals surface area contributed by atoms with Crippen LogP contribution in [0.5, 0.6) is 0 Å². The molecule has 2 rings (SSSR count). The van der Waals surface area contributed by atoms with E-state index in [1.807, 2.05) is 13.8 Å². The van der Waals surface area contributed by atoms with Crippen LogP contribution in [0.25, 0.3) is 0 Å². The van der Waals surface area contributed by atoms with E-state index < -0.39 is 12.1 Å². The Morgan fingerprint density at radius 3 is 2.38 bits per heavy atom. The van der Waals surface area contributed by atoms with Gasteiger partial charge in [-0.05, 0) is 37.0 Å². The van der Waals surface area contributed by atoms with E-state index in [4.69, 9.17) is 0 Å². The Hall–Kier alpha value is -1.26. The Kier molecular flexibility index (Phi) is 4.79. The highest BCUT2D eigenvalue weighted by atomic mass is 16.5. The molecular weight excluding hydrogens is 268 g/mol. The van der Waals surface area contributed by atoms with Crippen LogP contribution in [-0.4, -0.2) is 42.1 Å². The first kappa shape index (κ1) is 16.1. The van der Waals surface area contributed by atoms with Crippen LogP contribution >= 0.6 is 0 Å². The van der Waals surface area contributed by atoms with Crippen LogP contribution < -0.4 is 5.32 Å². The van der Waals surface area contributed by atoms with Gasteiger partial charge in [-0.25, -0.2) is 4.79 Å². The molecule has 120 valence electrons. The van der Waals surface area contributed by atoms with Crippen molar-refractivity contribution in [3.8, 4) is 0 Å². The summed E-state index contributed by atoms with van der Waals surface area (Å²) in [6.07, 6.45) is 2.92. The molecule has 1 aliphatic heterocycles. The van der Waals surface area contributed by atoms with Crippen molar-refractivity contribution in [3.63, 3.8) is 0 Å². The average molecular weight is 296 g/mol. The van der Waals surface area contributed by atoms with E-state index in [9.17, 15) is 9.59 Å². The maximum atomic E-state index is 13.0. The fourth-order valence-corrected chi connectivity index (χ4v) is 4.08. The molecule has 5 heteroatoms. The van der Waals surface area contributed by atoms with Gasteiger partial charge in [-0.2, -0.15) is 0 Å². The number of methoxy groups -OCH3 is 1. The number of alkyl carbamates (subject to hydrolysis) is 1. The molecule has 1 saturated heterocycles. The summed E-state index contributed by atoms with van der Waals surface area (Å²) in [4.78, 5) is 26.6. The number of carbonyl (C=O) groups excluding carboxylic acids is 2. The topological polar surface area (TPSA) is 58.6 Å². The number of likely N-dealkylation sites (tertiary alicyclic amines) is 1. The van der Waals surface area contributed by atoms with Gasteiger partial charge >= 0.3 is 6.09 Å². The van der Waals surface area contributed by atoms with E-state index in [-0.39, 0.29) is 11.8 Å². The van der Waals surface area contributed by atoms with E-state index in [2.05, 4.69) is 28.8 Å². The van der Waals surface area contributed by atoms with Crippen LogP contribution in [0.4, 0.5) is 4.79 Å². The van der Waals surface area contributed by atoms with Gasteiger partial charge in [0.05, 0.1) is 7.11 Å². The number of ether oxygens (including phenoxy) is 1. The standard InChI is InChI=1S/C16H28N2O3/c1-9(2)13(17-16(20)21-5)15(19)18-12-7-6-11(8-12)14(18)10(3)4/h9-14H,6-8H2,1-5H3,(H,17,20)/t11-,12+,13+,14-/m1/s1. The summed E-state index contributed by atoms with van der Waals surface area (Å²) in [5.41, 5.74) is 0. The number of carbonyl (C=O) groups is 2. The third-order valence-electron chi connectivity index (χ3n) is 4.97. The molecule has 21 heavy (non-hydrogen) atoms. The molecule has 2 bridgehead atoms. The number of nitrogens with zero attached hydrogens (tertiary/aromatic N) is 1. The zero-order chi connectivity index (χ0) is 15.7. The van der Waals surface area contributed by atoms with Crippen molar-refractivity contribution in [2.45, 2.75) is 65.1 Å². The quantitative estimate of drug-likeness (QED) is 0.866. The summed E-state index contributed by atoms with van der Waals surface area (Å²) in [5.74, 6) is 1.19. The van der Waals surface area contributed by atoms with Crippen molar-refractivity contribution >= 4 is 12.0 Å². The summed E-state index contributed by atoms with van der Waals surface area (Å²) in [6, 6.07) is 0.172. The zero-order valence-electron chi connectivity index (χ0n) is 13.8. The number of nitrogens with one attached hydrogen (secondary N) is 1. The molecule has 2 amide bonds. The lowest BCUT2D eigenvalue weighted by Crippen LogP contribution is -2.57. The van der Waals surface area contributed by atoms with Crippen LogP contribution in [0.1, 0.15) is 47.0 Å². The van der Waals surface area contributed by atoms with E-state index in [1.54, 1.807) is 0 Å². The van der Waals surface area contributed by atoms with E-state index in [0.29, 0.717) is 23.9 Å². The Morgan fingerprint density at radius 2 is 1.86 bits per heavy atom. The lowest BCUT2D eigenvalue weighted by Gasteiger charge is -2.40. The van der Waals surface area contributed by atoms with Crippen molar-refractivity contribution in [1.82, 2.24) is 10.2 Å². The molecule has 1 heterocycles. The monoisotopic (exact) mass is 296 g/mol. The van der Waals surface area contributed by atoms with Gasteiger partial charge in [-0.15, -0.1) is 0 Å². The first-order chi connectivity index (χ1) is 9.86. The number of piperidine rings is 1.